The summed E-state index contributed by atoms with van der Waals surface area (Å²) in [6.45, 7) is 3.28. The van der Waals surface area contributed by atoms with Crippen molar-refractivity contribution in [3.8, 4) is 0 Å². The van der Waals surface area contributed by atoms with Crippen molar-refractivity contribution in [3.05, 3.63) is 62.8 Å². The highest BCUT2D eigenvalue weighted by molar-refractivity contribution is 7.22. The van der Waals surface area contributed by atoms with E-state index in [0.29, 0.717) is 25.9 Å². The first-order valence-corrected chi connectivity index (χ1v) is 11.0. The maximum absolute atomic E-state index is 13.2. The lowest BCUT2D eigenvalue weighted by atomic mass is 10.2. The number of fused-ring (bicyclic) bond motifs is 1. The van der Waals surface area contributed by atoms with Gasteiger partial charge in [-0.15, -0.1) is 11.3 Å². The molecule has 0 aliphatic heterocycles. The molecule has 0 unspecified atom stereocenters. The van der Waals surface area contributed by atoms with Gasteiger partial charge in [-0.25, -0.2) is 9.97 Å². The second kappa shape index (κ2) is 8.21. The summed E-state index contributed by atoms with van der Waals surface area (Å²) in [4.78, 5) is 24.3. The van der Waals surface area contributed by atoms with Crippen molar-refractivity contribution in [2.24, 2.45) is 0 Å². The van der Waals surface area contributed by atoms with E-state index in [-0.39, 0.29) is 5.91 Å². The first-order chi connectivity index (χ1) is 13.5. The van der Waals surface area contributed by atoms with Crippen LogP contribution in [0.1, 0.15) is 21.7 Å². The number of hydrogen-bond acceptors (Lipinski definition) is 5. The second-order valence-electron chi connectivity index (χ2n) is 6.28. The molecule has 0 N–H and O–H groups in total. The molecule has 0 bridgehead atoms. The van der Waals surface area contributed by atoms with Crippen LogP contribution >= 0.6 is 45.9 Å². The largest absolute Gasteiger partial charge is 0.337 e. The number of rotatable bonds is 6. The number of benzene rings is 1. The number of anilines is 1. The molecule has 4 aromatic rings. The normalized spacial score (nSPS) is 11.2. The molecular weight excluding hydrogens is 435 g/mol. The molecule has 3 aromatic heterocycles. The summed E-state index contributed by atoms with van der Waals surface area (Å²) in [5.41, 5.74) is 1.87. The highest BCUT2D eigenvalue weighted by Gasteiger charge is 2.23. The summed E-state index contributed by atoms with van der Waals surface area (Å²) >= 11 is 15.0. The number of halogens is 2. The van der Waals surface area contributed by atoms with Gasteiger partial charge in [-0.1, -0.05) is 34.5 Å². The van der Waals surface area contributed by atoms with Gasteiger partial charge in [0, 0.05) is 30.5 Å². The van der Waals surface area contributed by atoms with Crippen molar-refractivity contribution in [3.63, 3.8) is 0 Å². The van der Waals surface area contributed by atoms with Gasteiger partial charge >= 0.3 is 0 Å². The van der Waals surface area contributed by atoms with E-state index in [2.05, 4.69) is 4.98 Å². The fourth-order valence-corrected chi connectivity index (χ4v) is 5.37. The molecule has 0 aliphatic rings. The average Bonchev–Trinajstić information content (AvgIpc) is 3.38. The third-order valence-corrected chi connectivity index (χ3v) is 6.72. The van der Waals surface area contributed by atoms with Crippen molar-refractivity contribution < 1.29 is 4.79 Å². The molecule has 4 rings (SSSR count). The number of carbonyl (C=O) groups excluding carboxylic acids is 1. The minimum absolute atomic E-state index is 0.0923. The van der Waals surface area contributed by atoms with Crippen molar-refractivity contribution in [2.75, 3.05) is 11.4 Å². The van der Waals surface area contributed by atoms with Crippen LogP contribution in [0.4, 0.5) is 5.13 Å². The maximum atomic E-state index is 13.2. The number of nitrogens with zero attached hydrogens (tertiary/aromatic N) is 4. The lowest BCUT2D eigenvalue weighted by Crippen LogP contribution is -2.31. The second-order valence-corrected chi connectivity index (χ2v) is 9.44. The Morgan fingerprint density at radius 1 is 1.25 bits per heavy atom. The molecule has 28 heavy (non-hydrogen) atoms. The van der Waals surface area contributed by atoms with E-state index in [1.54, 1.807) is 29.6 Å². The fraction of sp³-hybridized carbons (Fsp3) is 0.211. The summed E-state index contributed by atoms with van der Waals surface area (Å²) < 4.78 is 3.55. The minimum atomic E-state index is -0.0923. The number of amides is 1. The number of carbonyl (C=O) groups is 1. The van der Waals surface area contributed by atoms with E-state index in [9.17, 15) is 4.79 Å². The van der Waals surface area contributed by atoms with E-state index < -0.39 is 0 Å². The van der Waals surface area contributed by atoms with Gasteiger partial charge in [0.15, 0.2) is 5.13 Å². The Kier molecular flexibility index (Phi) is 5.68. The molecule has 5 nitrogen and oxygen atoms in total. The number of thiophene rings is 1. The van der Waals surface area contributed by atoms with Gasteiger partial charge < -0.3 is 4.57 Å². The van der Waals surface area contributed by atoms with E-state index in [1.807, 2.05) is 29.8 Å². The zero-order valence-corrected chi connectivity index (χ0v) is 18.1. The Morgan fingerprint density at radius 3 is 2.82 bits per heavy atom. The number of aryl methyl sites for hydroxylation is 2. The molecule has 1 aromatic carbocycles. The lowest BCUT2D eigenvalue weighted by molar-refractivity contribution is 0.0990. The smallest absolute Gasteiger partial charge is 0.270 e. The lowest BCUT2D eigenvalue weighted by Gasteiger charge is -2.19. The molecule has 0 saturated carbocycles. The summed E-state index contributed by atoms with van der Waals surface area (Å²) in [5.74, 6) is -0.0923. The Labute approximate surface area is 180 Å². The van der Waals surface area contributed by atoms with Gasteiger partial charge in [0.25, 0.3) is 5.91 Å². The number of thiazole rings is 1. The van der Waals surface area contributed by atoms with E-state index >= 15 is 0 Å². The van der Waals surface area contributed by atoms with Crippen molar-refractivity contribution in [2.45, 2.75) is 19.9 Å². The number of imidazole rings is 1. The zero-order chi connectivity index (χ0) is 19.7. The molecular formula is C19H16Cl2N4OS2. The van der Waals surface area contributed by atoms with Crippen LogP contribution in [0.25, 0.3) is 10.2 Å². The standard InChI is InChI=1S/C19H16Cl2N4OS2/c1-12-9-13(20)10-15-17(12)23-19(28-15)25(7-2-6-24-8-5-22-11-24)18(26)14-3-4-16(21)27-14/h3-5,8-11H,2,6-7H2,1H3. The first kappa shape index (κ1) is 19.4. The third-order valence-electron chi connectivity index (χ3n) is 4.26. The molecule has 0 fully saturated rings. The van der Waals surface area contributed by atoms with Gasteiger partial charge in [-0.3, -0.25) is 9.69 Å². The van der Waals surface area contributed by atoms with Crippen LogP contribution in [-0.2, 0) is 6.54 Å². The van der Waals surface area contributed by atoms with Crippen molar-refractivity contribution in [1.82, 2.24) is 14.5 Å². The number of aromatic nitrogens is 3. The highest BCUT2D eigenvalue weighted by Crippen LogP contribution is 2.34. The van der Waals surface area contributed by atoms with Crippen LogP contribution < -0.4 is 4.90 Å². The van der Waals surface area contributed by atoms with Gasteiger partial charge in [0.05, 0.1) is 25.8 Å². The molecule has 0 saturated heterocycles. The van der Waals surface area contributed by atoms with Crippen LogP contribution in [0.3, 0.4) is 0 Å². The third kappa shape index (κ3) is 4.07. The topological polar surface area (TPSA) is 51.0 Å². The summed E-state index contributed by atoms with van der Waals surface area (Å²) in [6, 6.07) is 7.28. The summed E-state index contributed by atoms with van der Waals surface area (Å²) in [5, 5.41) is 1.34. The van der Waals surface area contributed by atoms with Crippen LogP contribution in [0, 0.1) is 6.92 Å². The van der Waals surface area contributed by atoms with Gasteiger partial charge in [0.1, 0.15) is 0 Å². The van der Waals surface area contributed by atoms with Gasteiger partial charge in [-0.2, -0.15) is 0 Å². The van der Waals surface area contributed by atoms with Crippen LogP contribution in [0.5, 0.6) is 0 Å². The Morgan fingerprint density at radius 2 is 2.11 bits per heavy atom. The Hall–Kier alpha value is -1.93. The zero-order valence-electron chi connectivity index (χ0n) is 14.9. The quantitative estimate of drug-likeness (QED) is 0.366. The van der Waals surface area contributed by atoms with E-state index in [4.69, 9.17) is 28.2 Å². The predicted octanol–water partition coefficient (Wildman–Crippen LogP) is 5.91. The Balaban J connectivity index is 1.65. The molecule has 0 atom stereocenters. The molecule has 0 spiro atoms. The van der Waals surface area contributed by atoms with Crippen molar-refractivity contribution in [1.29, 1.82) is 0 Å². The summed E-state index contributed by atoms with van der Waals surface area (Å²) in [7, 11) is 0. The van der Waals surface area contributed by atoms with Crippen molar-refractivity contribution >= 4 is 67.1 Å². The van der Waals surface area contributed by atoms with Gasteiger partial charge in [0.2, 0.25) is 0 Å². The average molecular weight is 451 g/mol. The predicted molar refractivity (Wildman–Crippen MR) is 117 cm³/mol. The molecule has 0 radical (unpaired) electrons. The molecule has 9 heteroatoms. The first-order valence-electron chi connectivity index (χ1n) is 8.61. The SMILES string of the molecule is Cc1cc(Cl)cc2sc(N(CCCn3ccnc3)C(=O)c3ccc(Cl)s3)nc12. The molecule has 144 valence electrons. The molecule has 3 heterocycles. The minimum Gasteiger partial charge on any atom is -0.337 e. The number of hydrogen-bond donors (Lipinski definition) is 0. The molecule has 0 aliphatic carbocycles. The van der Waals surface area contributed by atoms with E-state index in [1.165, 1.54) is 22.7 Å². The van der Waals surface area contributed by atoms with E-state index in [0.717, 1.165) is 28.7 Å². The summed E-state index contributed by atoms with van der Waals surface area (Å²) in [6.07, 6.45) is 6.20. The molecule has 1 amide bonds. The van der Waals surface area contributed by atoms with Gasteiger partial charge in [-0.05, 0) is 43.2 Å². The maximum Gasteiger partial charge on any atom is 0.270 e. The van der Waals surface area contributed by atoms with Crippen LogP contribution in [0.2, 0.25) is 9.36 Å². The highest BCUT2D eigenvalue weighted by atomic mass is 35.5. The fourth-order valence-electron chi connectivity index (χ4n) is 2.93. The monoisotopic (exact) mass is 450 g/mol. The Bertz CT molecular complexity index is 1120. The van der Waals surface area contributed by atoms with Crippen LogP contribution in [-0.4, -0.2) is 27.0 Å². The van der Waals surface area contributed by atoms with Crippen LogP contribution in [0.15, 0.2) is 43.0 Å².